The molecule has 0 bridgehead atoms. The fourth-order valence-corrected chi connectivity index (χ4v) is 3.09. The number of benzene rings is 1. The molecule has 1 aliphatic rings. The summed E-state index contributed by atoms with van der Waals surface area (Å²) in [5, 5.41) is 8.81. The zero-order chi connectivity index (χ0) is 15.2. The number of carbonyl (C=O) groups excluding carboxylic acids is 1. The zero-order valence-electron chi connectivity index (χ0n) is 13.0. The van der Waals surface area contributed by atoms with Crippen LogP contribution >= 0.6 is 0 Å². The Kier molecular flexibility index (Phi) is 5.52. The molecular weight excluding hydrogens is 260 g/mol. The SMILES string of the molecule is CC(C)CN(CC(=O)c1ccc(C#N)cc1)C1CCCC1. The summed E-state index contributed by atoms with van der Waals surface area (Å²) >= 11 is 0. The van der Waals surface area contributed by atoms with E-state index < -0.39 is 0 Å². The van der Waals surface area contributed by atoms with Crippen molar-refractivity contribution in [3.05, 3.63) is 35.4 Å². The third kappa shape index (κ3) is 4.41. The molecule has 1 saturated carbocycles. The van der Waals surface area contributed by atoms with Gasteiger partial charge < -0.3 is 0 Å². The van der Waals surface area contributed by atoms with Crippen LogP contribution in [-0.4, -0.2) is 29.8 Å². The van der Waals surface area contributed by atoms with Crippen LogP contribution in [-0.2, 0) is 0 Å². The van der Waals surface area contributed by atoms with Crippen molar-refractivity contribution in [3.8, 4) is 6.07 Å². The van der Waals surface area contributed by atoms with E-state index in [9.17, 15) is 4.79 Å². The molecule has 0 aromatic heterocycles. The molecule has 1 aromatic carbocycles. The number of hydrogen-bond donors (Lipinski definition) is 0. The molecule has 0 heterocycles. The Bertz CT molecular complexity index is 507. The van der Waals surface area contributed by atoms with E-state index in [0.717, 1.165) is 6.54 Å². The lowest BCUT2D eigenvalue weighted by Crippen LogP contribution is -2.40. The molecule has 0 amide bonds. The molecule has 21 heavy (non-hydrogen) atoms. The average Bonchev–Trinajstić information content (AvgIpc) is 3.00. The second-order valence-corrected chi connectivity index (χ2v) is 6.37. The smallest absolute Gasteiger partial charge is 0.176 e. The van der Waals surface area contributed by atoms with Crippen molar-refractivity contribution in [1.29, 1.82) is 5.26 Å². The summed E-state index contributed by atoms with van der Waals surface area (Å²) in [4.78, 5) is 14.8. The lowest BCUT2D eigenvalue weighted by Gasteiger charge is -2.29. The highest BCUT2D eigenvalue weighted by Crippen LogP contribution is 2.24. The van der Waals surface area contributed by atoms with Crippen molar-refractivity contribution < 1.29 is 4.79 Å². The minimum atomic E-state index is 0.159. The number of Topliss-reactive ketones (excluding diaryl/α,β-unsaturated/α-hetero) is 1. The number of ketones is 1. The Morgan fingerprint density at radius 2 is 1.90 bits per heavy atom. The van der Waals surface area contributed by atoms with Gasteiger partial charge in [-0.1, -0.05) is 38.8 Å². The Morgan fingerprint density at radius 1 is 1.29 bits per heavy atom. The van der Waals surface area contributed by atoms with E-state index in [2.05, 4.69) is 24.8 Å². The quantitative estimate of drug-likeness (QED) is 0.749. The fraction of sp³-hybridized carbons (Fsp3) is 0.556. The van der Waals surface area contributed by atoms with Gasteiger partial charge >= 0.3 is 0 Å². The standard InChI is InChI=1S/C18H24N2O/c1-14(2)12-20(17-5-3-4-6-17)13-18(21)16-9-7-15(11-19)8-10-16/h7-10,14,17H,3-6,12-13H2,1-2H3. The molecule has 3 heteroatoms. The van der Waals surface area contributed by atoms with Gasteiger partial charge in [-0.05, 0) is 30.9 Å². The summed E-state index contributed by atoms with van der Waals surface area (Å²) in [6.07, 6.45) is 5.00. The number of nitriles is 1. The first-order valence-corrected chi connectivity index (χ1v) is 7.87. The van der Waals surface area contributed by atoms with E-state index in [0.29, 0.717) is 29.6 Å². The Morgan fingerprint density at radius 3 is 2.43 bits per heavy atom. The summed E-state index contributed by atoms with van der Waals surface area (Å²) in [6.45, 7) is 5.88. The molecule has 1 fully saturated rings. The molecular formula is C18H24N2O. The predicted octanol–water partition coefficient (Wildman–Crippen LogP) is 3.64. The second-order valence-electron chi connectivity index (χ2n) is 6.37. The highest BCUT2D eigenvalue weighted by atomic mass is 16.1. The molecule has 0 spiro atoms. The van der Waals surface area contributed by atoms with Gasteiger partial charge in [-0.15, -0.1) is 0 Å². The number of hydrogen-bond acceptors (Lipinski definition) is 3. The maximum absolute atomic E-state index is 12.5. The lowest BCUT2D eigenvalue weighted by atomic mass is 10.1. The summed E-state index contributed by atoms with van der Waals surface area (Å²) < 4.78 is 0. The summed E-state index contributed by atoms with van der Waals surface area (Å²) in [5.41, 5.74) is 1.31. The van der Waals surface area contributed by atoms with E-state index in [4.69, 9.17) is 5.26 Å². The summed E-state index contributed by atoms with van der Waals surface area (Å²) in [7, 11) is 0. The van der Waals surface area contributed by atoms with Crippen LogP contribution in [0.25, 0.3) is 0 Å². The minimum absolute atomic E-state index is 0.159. The lowest BCUT2D eigenvalue weighted by molar-refractivity contribution is 0.0876. The zero-order valence-corrected chi connectivity index (χ0v) is 13.0. The van der Waals surface area contributed by atoms with Gasteiger partial charge in [0.25, 0.3) is 0 Å². The molecule has 0 radical (unpaired) electrons. The largest absolute Gasteiger partial charge is 0.293 e. The van der Waals surface area contributed by atoms with Crippen molar-refractivity contribution in [2.45, 2.75) is 45.6 Å². The van der Waals surface area contributed by atoms with Crippen LogP contribution in [0.15, 0.2) is 24.3 Å². The molecule has 112 valence electrons. The van der Waals surface area contributed by atoms with Crippen LogP contribution in [0, 0.1) is 17.2 Å². The first-order chi connectivity index (χ1) is 10.1. The van der Waals surface area contributed by atoms with Crippen molar-refractivity contribution in [2.75, 3.05) is 13.1 Å². The molecule has 0 aliphatic heterocycles. The Hall–Kier alpha value is -1.66. The van der Waals surface area contributed by atoms with Crippen LogP contribution in [0.4, 0.5) is 0 Å². The van der Waals surface area contributed by atoms with Crippen LogP contribution < -0.4 is 0 Å². The second kappa shape index (κ2) is 7.38. The molecule has 2 rings (SSSR count). The van der Waals surface area contributed by atoms with E-state index in [1.165, 1.54) is 25.7 Å². The highest BCUT2D eigenvalue weighted by molar-refractivity contribution is 5.97. The minimum Gasteiger partial charge on any atom is -0.293 e. The van der Waals surface area contributed by atoms with Crippen molar-refractivity contribution in [2.24, 2.45) is 5.92 Å². The van der Waals surface area contributed by atoms with Gasteiger partial charge in [0.05, 0.1) is 18.2 Å². The third-order valence-electron chi connectivity index (χ3n) is 4.12. The molecule has 1 aromatic rings. The Balaban J connectivity index is 2.04. The van der Waals surface area contributed by atoms with Crippen LogP contribution in [0.3, 0.4) is 0 Å². The predicted molar refractivity (Wildman–Crippen MR) is 84.2 cm³/mol. The van der Waals surface area contributed by atoms with Gasteiger partial charge in [0, 0.05) is 18.2 Å². The summed E-state index contributed by atoms with van der Waals surface area (Å²) in [6, 6.07) is 9.62. The number of nitrogens with zero attached hydrogens (tertiary/aromatic N) is 2. The van der Waals surface area contributed by atoms with Gasteiger partial charge in [0.2, 0.25) is 0 Å². The first kappa shape index (κ1) is 15.7. The highest BCUT2D eigenvalue weighted by Gasteiger charge is 2.25. The monoisotopic (exact) mass is 284 g/mol. The molecule has 3 nitrogen and oxygen atoms in total. The normalized spacial score (nSPS) is 15.6. The topological polar surface area (TPSA) is 44.1 Å². The van der Waals surface area contributed by atoms with Gasteiger partial charge in [0.15, 0.2) is 5.78 Å². The maximum atomic E-state index is 12.5. The van der Waals surface area contributed by atoms with Gasteiger partial charge in [0.1, 0.15) is 0 Å². The van der Waals surface area contributed by atoms with Crippen LogP contribution in [0.1, 0.15) is 55.5 Å². The Labute approximate surface area is 127 Å². The van der Waals surface area contributed by atoms with E-state index >= 15 is 0 Å². The van der Waals surface area contributed by atoms with Crippen LogP contribution in [0.5, 0.6) is 0 Å². The third-order valence-corrected chi connectivity index (χ3v) is 4.12. The van der Waals surface area contributed by atoms with Gasteiger partial charge in [-0.2, -0.15) is 5.26 Å². The average molecular weight is 284 g/mol. The molecule has 0 saturated heterocycles. The van der Waals surface area contributed by atoms with E-state index in [1.807, 2.05) is 0 Å². The summed E-state index contributed by atoms with van der Waals surface area (Å²) in [5.74, 6) is 0.728. The van der Waals surface area contributed by atoms with Gasteiger partial charge in [-0.25, -0.2) is 0 Å². The van der Waals surface area contributed by atoms with Crippen molar-refractivity contribution in [1.82, 2.24) is 4.90 Å². The molecule has 0 N–H and O–H groups in total. The van der Waals surface area contributed by atoms with Crippen molar-refractivity contribution in [3.63, 3.8) is 0 Å². The fourth-order valence-electron chi connectivity index (χ4n) is 3.09. The van der Waals surface area contributed by atoms with Gasteiger partial charge in [-0.3, -0.25) is 9.69 Å². The molecule has 1 aliphatic carbocycles. The van der Waals surface area contributed by atoms with E-state index in [-0.39, 0.29) is 5.78 Å². The molecule has 0 unspecified atom stereocenters. The first-order valence-electron chi connectivity index (χ1n) is 7.87. The number of carbonyl (C=O) groups is 1. The van der Waals surface area contributed by atoms with E-state index in [1.54, 1.807) is 24.3 Å². The molecule has 0 atom stereocenters. The number of rotatable bonds is 6. The maximum Gasteiger partial charge on any atom is 0.176 e. The van der Waals surface area contributed by atoms with Crippen LogP contribution in [0.2, 0.25) is 0 Å². The van der Waals surface area contributed by atoms with Crippen molar-refractivity contribution >= 4 is 5.78 Å².